The first-order chi connectivity index (χ1) is 13.5. The highest BCUT2D eigenvalue weighted by Crippen LogP contribution is 2.35. The van der Waals surface area contributed by atoms with Crippen LogP contribution in [0.4, 0.5) is 0 Å². The Morgan fingerprint density at radius 1 is 0.724 bits per heavy atom. The first-order valence-corrected chi connectivity index (χ1v) is 9.76. The Hall–Kier alpha value is -2.40. The van der Waals surface area contributed by atoms with E-state index in [0.717, 1.165) is 0 Å². The van der Waals surface area contributed by atoms with Crippen molar-refractivity contribution in [1.29, 1.82) is 0 Å². The minimum Gasteiger partial charge on any atom is -1.00 e. The van der Waals surface area contributed by atoms with Crippen LogP contribution in [0.2, 0.25) is 0 Å². The molecule has 0 aliphatic carbocycles. The lowest BCUT2D eigenvalue weighted by atomic mass is 9.99. The van der Waals surface area contributed by atoms with Crippen molar-refractivity contribution >= 4 is 0 Å². The number of nitrogens with zero attached hydrogens (tertiary/aromatic N) is 2. The molecule has 1 aromatic heterocycles. The summed E-state index contributed by atoms with van der Waals surface area (Å²) in [6.07, 6.45) is 0. The lowest BCUT2D eigenvalue weighted by molar-refractivity contribution is -0.648. The van der Waals surface area contributed by atoms with E-state index in [0.29, 0.717) is 0 Å². The molecule has 0 N–H and O–H groups in total. The van der Waals surface area contributed by atoms with Gasteiger partial charge in [-0.15, -0.1) is 0 Å². The largest absolute Gasteiger partial charge is 1.00 e. The highest BCUT2D eigenvalue weighted by Gasteiger charge is 2.31. The molecule has 0 fully saturated rings. The van der Waals surface area contributed by atoms with Gasteiger partial charge in [-0.05, 0) is 31.9 Å². The molecule has 4 rings (SSSR count). The molecular weight excluding hydrogens is 467 g/mol. The number of hydrogen-bond acceptors (Lipinski definition) is 0. The zero-order chi connectivity index (χ0) is 19.8. The van der Waals surface area contributed by atoms with Gasteiger partial charge in [0.15, 0.2) is 11.4 Å². The Kier molecular flexibility index (Phi) is 6.27. The van der Waals surface area contributed by atoms with Crippen LogP contribution in [-0.4, -0.2) is 4.57 Å². The van der Waals surface area contributed by atoms with Crippen LogP contribution in [0.15, 0.2) is 72.8 Å². The van der Waals surface area contributed by atoms with E-state index in [2.05, 4.69) is 117 Å². The van der Waals surface area contributed by atoms with Crippen LogP contribution in [0.3, 0.4) is 0 Å². The molecule has 1 heterocycles. The van der Waals surface area contributed by atoms with E-state index >= 15 is 0 Å². The number of aromatic nitrogens is 2. The Bertz CT molecular complexity index is 1060. The van der Waals surface area contributed by atoms with Gasteiger partial charge in [0.05, 0.1) is 19.7 Å². The van der Waals surface area contributed by atoms with Gasteiger partial charge in [0, 0.05) is 11.1 Å². The predicted octanol–water partition coefficient (Wildman–Crippen LogP) is 2.78. The Balaban J connectivity index is 0.00000240. The molecule has 2 nitrogen and oxygen atoms in total. The third kappa shape index (κ3) is 3.76. The zero-order valence-corrected chi connectivity index (χ0v) is 19.9. The van der Waals surface area contributed by atoms with Crippen molar-refractivity contribution in [3.8, 4) is 33.9 Å². The Morgan fingerprint density at radius 3 is 1.72 bits per heavy atom. The van der Waals surface area contributed by atoms with Gasteiger partial charge in [0.1, 0.15) is 0 Å². The summed E-state index contributed by atoms with van der Waals surface area (Å²) in [7, 11) is 4.37. The second kappa shape index (κ2) is 8.54. The van der Waals surface area contributed by atoms with Gasteiger partial charge in [-0.25, -0.2) is 9.13 Å². The number of halogens is 1. The summed E-state index contributed by atoms with van der Waals surface area (Å²) >= 11 is 0. The number of rotatable bonds is 3. The van der Waals surface area contributed by atoms with Crippen LogP contribution in [0.5, 0.6) is 0 Å². The summed E-state index contributed by atoms with van der Waals surface area (Å²) < 4.78 is 4.70. The first kappa shape index (κ1) is 21.3. The van der Waals surface area contributed by atoms with Crippen LogP contribution in [0.25, 0.3) is 33.9 Å². The Labute approximate surface area is 190 Å². The predicted molar refractivity (Wildman–Crippen MR) is 117 cm³/mol. The molecule has 0 spiro atoms. The molecular formula is C26H27IN2. The molecule has 0 unspecified atom stereocenters. The lowest BCUT2D eigenvalue weighted by Gasteiger charge is -2.09. The minimum atomic E-state index is 0. The summed E-state index contributed by atoms with van der Waals surface area (Å²) in [5, 5.41) is 0. The monoisotopic (exact) mass is 494 g/mol. The van der Waals surface area contributed by atoms with E-state index in [-0.39, 0.29) is 24.0 Å². The summed E-state index contributed by atoms with van der Waals surface area (Å²) in [6, 6.07) is 25.9. The maximum atomic E-state index is 2.35. The minimum absolute atomic E-state index is 0. The standard InChI is InChI=1S/C26H27N2.HI/c1-18-16-19(2)23(20(3)17-18)26-27(4)24(21-12-8-6-9-13-21)25(28(26)5)22-14-10-7-11-15-22;/h6-17H,1-5H3;1H/q+1;/p-1. The van der Waals surface area contributed by atoms with Crippen molar-refractivity contribution < 1.29 is 28.5 Å². The van der Waals surface area contributed by atoms with Gasteiger partial charge < -0.3 is 24.0 Å². The molecule has 0 radical (unpaired) electrons. The first-order valence-electron chi connectivity index (χ1n) is 9.76. The van der Waals surface area contributed by atoms with E-state index in [1.165, 1.54) is 50.6 Å². The average Bonchev–Trinajstić information content (AvgIpc) is 2.93. The Morgan fingerprint density at radius 2 is 1.21 bits per heavy atom. The van der Waals surface area contributed by atoms with E-state index in [1.807, 2.05) is 0 Å². The molecule has 0 amide bonds. The van der Waals surface area contributed by atoms with Gasteiger partial charge in [-0.2, -0.15) is 0 Å². The zero-order valence-electron chi connectivity index (χ0n) is 17.7. The number of benzene rings is 3. The maximum Gasteiger partial charge on any atom is 0.289 e. The molecule has 29 heavy (non-hydrogen) atoms. The van der Waals surface area contributed by atoms with Crippen molar-refractivity contribution in [2.24, 2.45) is 14.1 Å². The molecule has 3 heteroatoms. The third-order valence-electron chi connectivity index (χ3n) is 5.53. The van der Waals surface area contributed by atoms with Gasteiger partial charge in [-0.1, -0.05) is 78.4 Å². The van der Waals surface area contributed by atoms with Gasteiger partial charge >= 0.3 is 0 Å². The quantitative estimate of drug-likeness (QED) is 0.306. The normalized spacial score (nSPS) is 10.7. The summed E-state index contributed by atoms with van der Waals surface area (Å²) in [5.74, 6) is 1.23. The van der Waals surface area contributed by atoms with E-state index in [9.17, 15) is 0 Å². The fourth-order valence-electron chi connectivity index (χ4n) is 4.48. The molecule has 3 aromatic carbocycles. The van der Waals surface area contributed by atoms with E-state index < -0.39 is 0 Å². The van der Waals surface area contributed by atoms with Gasteiger partial charge in [0.25, 0.3) is 5.82 Å². The van der Waals surface area contributed by atoms with E-state index in [1.54, 1.807) is 0 Å². The average molecular weight is 494 g/mol. The number of imidazole rings is 1. The second-order valence-electron chi connectivity index (χ2n) is 7.64. The van der Waals surface area contributed by atoms with Crippen LogP contribution in [-0.2, 0) is 14.1 Å². The number of hydrogen-bond donors (Lipinski definition) is 0. The van der Waals surface area contributed by atoms with Crippen molar-refractivity contribution in [3.05, 3.63) is 89.5 Å². The van der Waals surface area contributed by atoms with Crippen molar-refractivity contribution in [2.45, 2.75) is 20.8 Å². The highest BCUT2D eigenvalue weighted by molar-refractivity contribution is 5.79. The van der Waals surface area contributed by atoms with Crippen molar-refractivity contribution in [2.75, 3.05) is 0 Å². The molecule has 4 aromatic rings. The fourth-order valence-corrected chi connectivity index (χ4v) is 4.48. The second-order valence-corrected chi connectivity index (χ2v) is 7.64. The summed E-state index contributed by atoms with van der Waals surface area (Å²) in [5.41, 5.74) is 10.2. The molecule has 0 aliphatic rings. The summed E-state index contributed by atoms with van der Waals surface area (Å²) in [4.78, 5) is 0. The molecule has 0 saturated carbocycles. The SMILES string of the molecule is Cc1cc(C)c(-c2n(C)c(-c3ccccc3)c(-c3ccccc3)[n+]2C)c(C)c1.[I-]. The number of aryl methyl sites for hydroxylation is 3. The fraction of sp³-hybridized carbons (Fsp3) is 0.192. The van der Waals surface area contributed by atoms with Crippen LogP contribution < -0.4 is 28.5 Å². The van der Waals surface area contributed by atoms with Crippen LogP contribution in [0.1, 0.15) is 16.7 Å². The topological polar surface area (TPSA) is 8.81 Å². The van der Waals surface area contributed by atoms with Crippen LogP contribution in [0, 0.1) is 20.8 Å². The van der Waals surface area contributed by atoms with Gasteiger partial charge in [-0.3, -0.25) is 0 Å². The molecule has 148 valence electrons. The molecule has 0 saturated heterocycles. The third-order valence-corrected chi connectivity index (χ3v) is 5.53. The molecule has 0 bridgehead atoms. The van der Waals surface area contributed by atoms with E-state index in [4.69, 9.17) is 0 Å². The van der Waals surface area contributed by atoms with Crippen molar-refractivity contribution in [1.82, 2.24) is 4.57 Å². The highest BCUT2D eigenvalue weighted by atomic mass is 127. The van der Waals surface area contributed by atoms with Gasteiger partial charge in [0.2, 0.25) is 0 Å². The molecule has 0 atom stereocenters. The summed E-state index contributed by atoms with van der Waals surface area (Å²) in [6.45, 7) is 6.60. The molecule has 0 aliphatic heterocycles. The maximum absolute atomic E-state index is 2.35. The van der Waals surface area contributed by atoms with Crippen molar-refractivity contribution in [3.63, 3.8) is 0 Å². The van der Waals surface area contributed by atoms with Crippen LogP contribution >= 0.6 is 0 Å². The smallest absolute Gasteiger partial charge is 0.289 e. The lowest BCUT2D eigenvalue weighted by Crippen LogP contribution is -3.00.